The molecule has 1 atom stereocenters. The van der Waals surface area contributed by atoms with Crippen LogP contribution in [-0.4, -0.2) is 34.1 Å². The molecule has 0 bridgehead atoms. The molecule has 0 aromatic heterocycles. The molecule has 0 spiro atoms. The van der Waals surface area contributed by atoms with E-state index in [-0.39, 0.29) is 30.6 Å². The van der Waals surface area contributed by atoms with E-state index in [1.165, 1.54) is 0 Å². The second-order valence-corrected chi connectivity index (χ2v) is 8.03. The molecule has 0 aliphatic heterocycles. The predicted molar refractivity (Wildman–Crippen MR) is 87.4 cm³/mol. The summed E-state index contributed by atoms with van der Waals surface area (Å²) in [5.41, 5.74) is 0.0497. The number of rotatable bonds is 9. The standard InChI is InChI=1S/C14H22NO5PS/c1-14(2,11-16)13(17)22-9-8-20-21(18,19)15-10-12-6-4-3-5-7-12/h3-7,16H,8-11H2,1-2H3,(H2,15,18,19). The summed E-state index contributed by atoms with van der Waals surface area (Å²) in [5.74, 6) is 0.250. The Kier molecular flexibility index (Phi) is 7.76. The SMILES string of the molecule is CC(C)(CO)C(=O)SCCOP(=O)(O)NCc1ccccc1. The van der Waals surface area contributed by atoms with Gasteiger partial charge in [0.1, 0.15) is 0 Å². The third kappa shape index (κ3) is 7.05. The molecule has 3 N–H and O–H groups in total. The van der Waals surface area contributed by atoms with Crippen molar-refractivity contribution in [1.29, 1.82) is 0 Å². The van der Waals surface area contributed by atoms with Crippen molar-refractivity contribution in [2.45, 2.75) is 20.4 Å². The lowest BCUT2D eigenvalue weighted by Crippen LogP contribution is -2.26. The highest BCUT2D eigenvalue weighted by atomic mass is 32.2. The first-order chi connectivity index (χ1) is 10.3. The highest BCUT2D eigenvalue weighted by Gasteiger charge is 2.27. The third-order valence-electron chi connectivity index (χ3n) is 2.86. The molecule has 1 rings (SSSR count). The van der Waals surface area contributed by atoms with Gasteiger partial charge in [0, 0.05) is 12.3 Å². The Morgan fingerprint density at radius 1 is 1.36 bits per heavy atom. The summed E-state index contributed by atoms with van der Waals surface area (Å²) in [7, 11) is -3.89. The van der Waals surface area contributed by atoms with Crippen LogP contribution in [0.5, 0.6) is 0 Å². The lowest BCUT2D eigenvalue weighted by atomic mass is 9.97. The van der Waals surface area contributed by atoms with Crippen molar-refractivity contribution in [2.75, 3.05) is 19.0 Å². The van der Waals surface area contributed by atoms with Crippen LogP contribution >= 0.6 is 19.5 Å². The van der Waals surface area contributed by atoms with Gasteiger partial charge in [-0.2, -0.15) is 0 Å². The van der Waals surface area contributed by atoms with E-state index < -0.39 is 13.2 Å². The number of hydrogen-bond acceptors (Lipinski definition) is 5. The van der Waals surface area contributed by atoms with Crippen molar-refractivity contribution in [2.24, 2.45) is 5.41 Å². The van der Waals surface area contributed by atoms with E-state index in [1.54, 1.807) is 13.8 Å². The van der Waals surface area contributed by atoms with E-state index in [0.29, 0.717) is 0 Å². The molecule has 0 heterocycles. The van der Waals surface area contributed by atoms with Gasteiger partial charge in [-0.15, -0.1) is 0 Å². The Bertz CT molecular complexity index is 523. The van der Waals surface area contributed by atoms with Crippen LogP contribution < -0.4 is 5.09 Å². The number of carbonyl (C=O) groups is 1. The fourth-order valence-corrected chi connectivity index (χ4v) is 3.13. The average molecular weight is 347 g/mol. The van der Waals surface area contributed by atoms with Crippen molar-refractivity contribution >= 4 is 24.6 Å². The summed E-state index contributed by atoms with van der Waals surface area (Å²) >= 11 is 0.979. The highest BCUT2D eigenvalue weighted by Crippen LogP contribution is 2.37. The van der Waals surface area contributed by atoms with E-state index >= 15 is 0 Å². The lowest BCUT2D eigenvalue weighted by molar-refractivity contribution is -0.119. The number of thioether (sulfide) groups is 1. The van der Waals surface area contributed by atoms with Crippen LogP contribution in [0.3, 0.4) is 0 Å². The summed E-state index contributed by atoms with van der Waals surface area (Å²) in [6.45, 7) is 3.23. The van der Waals surface area contributed by atoms with Crippen LogP contribution in [0.1, 0.15) is 19.4 Å². The molecule has 1 unspecified atom stereocenters. The Morgan fingerprint density at radius 2 is 2.00 bits per heavy atom. The summed E-state index contributed by atoms with van der Waals surface area (Å²) in [4.78, 5) is 21.4. The minimum Gasteiger partial charge on any atom is -0.395 e. The van der Waals surface area contributed by atoms with E-state index in [2.05, 4.69) is 5.09 Å². The maximum Gasteiger partial charge on any atom is 0.403 e. The summed E-state index contributed by atoms with van der Waals surface area (Å²) in [6.07, 6.45) is 0. The number of aliphatic hydroxyl groups is 1. The first-order valence-electron chi connectivity index (χ1n) is 6.81. The van der Waals surface area contributed by atoms with Crippen molar-refractivity contribution in [1.82, 2.24) is 5.09 Å². The predicted octanol–water partition coefficient (Wildman–Crippen LogP) is 2.17. The molecule has 6 nitrogen and oxygen atoms in total. The van der Waals surface area contributed by atoms with Gasteiger partial charge < -0.3 is 10.00 Å². The van der Waals surface area contributed by atoms with Gasteiger partial charge in [0.25, 0.3) is 0 Å². The number of carbonyl (C=O) groups excluding carboxylic acids is 1. The molecule has 22 heavy (non-hydrogen) atoms. The zero-order chi connectivity index (χ0) is 16.6. The molecule has 8 heteroatoms. The van der Waals surface area contributed by atoms with Gasteiger partial charge in [-0.3, -0.25) is 9.32 Å². The molecule has 0 saturated carbocycles. The molecule has 1 aromatic rings. The van der Waals surface area contributed by atoms with E-state index in [0.717, 1.165) is 17.3 Å². The van der Waals surface area contributed by atoms with Crippen LogP contribution in [0, 0.1) is 5.41 Å². The maximum absolute atomic E-state index is 11.8. The van der Waals surface area contributed by atoms with Gasteiger partial charge in [-0.05, 0) is 19.4 Å². The summed E-state index contributed by atoms with van der Waals surface area (Å²) < 4.78 is 16.7. The molecule has 0 amide bonds. The average Bonchev–Trinajstić information content (AvgIpc) is 2.50. The second kappa shape index (κ2) is 8.82. The van der Waals surface area contributed by atoms with Gasteiger partial charge in [0.05, 0.1) is 18.6 Å². The molecule has 1 aromatic carbocycles. The van der Waals surface area contributed by atoms with Crippen LogP contribution in [0.25, 0.3) is 0 Å². The Morgan fingerprint density at radius 3 is 2.59 bits per heavy atom. The molecular formula is C14H22NO5PS. The minimum absolute atomic E-state index is 0.0342. The molecule has 0 aliphatic rings. The second-order valence-electron chi connectivity index (χ2n) is 5.35. The third-order valence-corrected chi connectivity index (χ3v) is 5.13. The molecule has 0 radical (unpaired) electrons. The Labute approximate surface area is 134 Å². The van der Waals surface area contributed by atoms with Crippen molar-refractivity contribution in [3.05, 3.63) is 35.9 Å². The van der Waals surface area contributed by atoms with Crippen molar-refractivity contribution < 1.29 is 23.9 Å². The van der Waals surface area contributed by atoms with E-state index in [1.807, 2.05) is 30.3 Å². The lowest BCUT2D eigenvalue weighted by Gasteiger charge is -2.19. The van der Waals surface area contributed by atoms with E-state index in [4.69, 9.17) is 9.63 Å². The smallest absolute Gasteiger partial charge is 0.395 e. The van der Waals surface area contributed by atoms with Crippen LogP contribution in [0.4, 0.5) is 0 Å². The molecule has 0 fully saturated rings. The highest BCUT2D eigenvalue weighted by molar-refractivity contribution is 8.13. The van der Waals surface area contributed by atoms with Crippen LogP contribution in [0.15, 0.2) is 30.3 Å². The molecular weight excluding hydrogens is 325 g/mol. The van der Waals surface area contributed by atoms with Crippen molar-refractivity contribution in [3.8, 4) is 0 Å². The van der Waals surface area contributed by atoms with Gasteiger partial charge in [-0.1, -0.05) is 42.1 Å². The van der Waals surface area contributed by atoms with Crippen molar-refractivity contribution in [3.63, 3.8) is 0 Å². The zero-order valence-corrected chi connectivity index (χ0v) is 14.4. The maximum atomic E-state index is 11.8. The van der Waals surface area contributed by atoms with Gasteiger partial charge >= 0.3 is 7.75 Å². The first kappa shape index (κ1) is 19.4. The fourth-order valence-electron chi connectivity index (χ4n) is 1.39. The molecule has 0 saturated heterocycles. The number of nitrogens with one attached hydrogen (secondary N) is 1. The minimum atomic E-state index is -3.89. The largest absolute Gasteiger partial charge is 0.403 e. The Balaban J connectivity index is 2.28. The number of benzene rings is 1. The number of hydrogen-bond donors (Lipinski definition) is 3. The monoisotopic (exact) mass is 347 g/mol. The topological polar surface area (TPSA) is 95.9 Å². The van der Waals surface area contributed by atoms with Gasteiger partial charge in [0.15, 0.2) is 5.12 Å². The Hall–Kier alpha value is -0.690. The van der Waals surface area contributed by atoms with Crippen LogP contribution in [0.2, 0.25) is 0 Å². The van der Waals surface area contributed by atoms with Gasteiger partial charge in [-0.25, -0.2) is 9.65 Å². The van der Waals surface area contributed by atoms with E-state index in [9.17, 15) is 14.3 Å². The quantitative estimate of drug-likeness (QED) is 0.465. The fraction of sp³-hybridized carbons (Fsp3) is 0.500. The summed E-state index contributed by atoms with van der Waals surface area (Å²) in [6, 6.07) is 9.20. The normalized spacial score (nSPS) is 14.5. The van der Waals surface area contributed by atoms with Crippen LogP contribution in [-0.2, 0) is 20.4 Å². The summed E-state index contributed by atoms with van der Waals surface area (Å²) in [5, 5.41) is 11.4. The first-order valence-corrected chi connectivity index (χ1v) is 9.38. The number of aliphatic hydroxyl groups excluding tert-OH is 1. The van der Waals surface area contributed by atoms with Gasteiger partial charge in [0.2, 0.25) is 0 Å². The zero-order valence-electron chi connectivity index (χ0n) is 12.7. The molecule has 124 valence electrons. The molecule has 0 aliphatic carbocycles.